The van der Waals surface area contributed by atoms with Gasteiger partial charge in [-0.1, -0.05) is 23.2 Å². The molecule has 4 nitrogen and oxygen atoms in total. The molecule has 0 spiro atoms. The van der Waals surface area contributed by atoms with E-state index in [0.29, 0.717) is 29.7 Å². The lowest BCUT2D eigenvalue weighted by molar-refractivity contribution is -0.141. The second-order valence-electron chi connectivity index (χ2n) is 5.41. The van der Waals surface area contributed by atoms with Crippen LogP contribution in [-0.2, 0) is 9.53 Å². The van der Waals surface area contributed by atoms with Crippen LogP contribution < -0.4 is 4.90 Å². The number of carbonyl (C=O) groups excluding carboxylic acids is 1. The van der Waals surface area contributed by atoms with Gasteiger partial charge in [-0.25, -0.2) is 0 Å². The van der Waals surface area contributed by atoms with E-state index in [9.17, 15) is 4.79 Å². The third kappa shape index (κ3) is 3.28. The van der Waals surface area contributed by atoms with Crippen LogP contribution in [0.5, 0.6) is 0 Å². The largest absolute Gasteiger partial charge is 0.368 e. The van der Waals surface area contributed by atoms with Crippen LogP contribution >= 0.6 is 23.2 Å². The highest BCUT2D eigenvalue weighted by Crippen LogP contribution is 2.29. The number of benzene rings is 1. The van der Waals surface area contributed by atoms with E-state index in [0.717, 1.165) is 31.6 Å². The molecule has 6 heteroatoms. The second kappa shape index (κ2) is 6.42. The van der Waals surface area contributed by atoms with Crippen molar-refractivity contribution in [2.45, 2.75) is 18.9 Å². The minimum Gasteiger partial charge on any atom is -0.368 e. The van der Waals surface area contributed by atoms with Crippen LogP contribution in [0, 0.1) is 0 Å². The number of halogens is 2. The lowest BCUT2D eigenvalue weighted by atomic mass is 10.2. The van der Waals surface area contributed by atoms with Gasteiger partial charge in [0.1, 0.15) is 6.10 Å². The number of hydrogen-bond acceptors (Lipinski definition) is 3. The summed E-state index contributed by atoms with van der Waals surface area (Å²) in [6, 6.07) is 5.53. The van der Waals surface area contributed by atoms with E-state index in [1.54, 1.807) is 6.07 Å². The van der Waals surface area contributed by atoms with Crippen LogP contribution in [0.1, 0.15) is 12.8 Å². The van der Waals surface area contributed by atoms with Gasteiger partial charge in [-0.2, -0.15) is 0 Å². The van der Waals surface area contributed by atoms with Gasteiger partial charge in [0.25, 0.3) is 5.91 Å². The van der Waals surface area contributed by atoms with E-state index in [4.69, 9.17) is 27.9 Å². The Balaban J connectivity index is 1.60. The first kappa shape index (κ1) is 14.9. The Hall–Kier alpha value is -0.970. The van der Waals surface area contributed by atoms with Gasteiger partial charge in [0.2, 0.25) is 0 Å². The van der Waals surface area contributed by atoms with Gasteiger partial charge < -0.3 is 14.5 Å². The molecule has 2 heterocycles. The normalized spacial score (nSPS) is 22.7. The van der Waals surface area contributed by atoms with Crippen molar-refractivity contribution in [3.05, 3.63) is 28.2 Å². The predicted octanol–water partition coefficient (Wildman–Crippen LogP) is 2.82. The molecule has 1 aromatic carbocycles. The molecule has 2 fully saturated rings. The summed E-state index contributed by atoms with van der Waals surface area (Å²) in [5.41, 5.74) is 0.977. The van der Waals surface area contributed by atoms with Crippen molar-refractivity contribution in [3.8, 4) is 0 Å². The predicted molar refractivity (Wildman–Crippen MR) is 84.2 cm³/mol. The Bertz CT molecular complexity index is 524. The minimum absolute atomic E-state index is 0.134. The van der Waals surface area contributed by atoms with E-state index in [1.165, 1.54) is 0 Å². The topological polar surface area (TPSA) is 32.8 Å². The highest BCUT2D eigenvalue weighted by atomic mass is 35.5. The quantitative estimate of drug-likeness (QED) is 0.836. The molecule has 2 saturated heterocycles. The molecule has 21 heavy (non-hydrogen) atoms. The fourth-order valence-corrected chi connectivity index (χ4v) is 3.41. The molecule has 1 aromatic rings. The summed E-state index contributed by atoms with van der Waals surface area (Å²) < 4.78 is 5.47. The first-order valence-electron chi connectivity index (χ1n) is 7.25. The van der Waals surface area contributed by atoms with Crippen LogP contribution in [-0.4, -0.2) is 49.7 Å². The van der Waals surface area contributed by atoms with E-state index in [2.05, 4.69) is 4.90 Å². The smallest absolute Gasteiger partial charge is 0.251 e. The Morgan fingerprint density at radius 2 is 1.95 bits per heavy atom. The highest BCUT2D eigenvalue weighted by Gasteiger charge is 2.30. The Morgan fingerprint density at radius 1 is 1.19 bits per heavy atom. The van der Waals surface area contributed by atoms with Crippen molar-refractivity contribution in [2.75, 3.05) is 37.7 Å². The van der Waals surface area contributed by atoms with Crippen molar-refractivity contribution in [3.63, 3.8) is 0 Å². The van der Waals surface area contributed by atoms with E-state index in [-0.39, 0.29) is 12.0 Å². The summed E-state index contributed by atoms with van der Waals surface area (Å²) in [6.45, 7) is 3.67. The maximum Gasteiger partial charge on any atom is 0.251 e. The molecule has 1 amide bonds. The Morgan fingerprint density at radius 3 is 2.57 bits per heavy atom. The molecule has 1 unspecified atom stereocenters. The van der Waals surface area contributed by atoms with Crippen LogP contribution in [0.2, 0.25) is 10.0 Å². The number of amides is 1. The molecule has 2 aliphatic heterocycles. The molecule has 0 aliphatic carbocycles. The zero-order valence-corrected chi connectivity index (χ0v) is 13.2. The fraction of sp³-hybridized carbons (Fsp3) is 0.533. The van der Waals surface area contributed by atoms with Crippen molar-refractivity contribution in [1.29, 1.82) is 0 Å². The molecule has 0 aromatic heterocycles. The first-order valence-corrected chi connectivity index (χ1v) is 8.01. The van der Waals surface area contributed by atoms with E-state index >= 15 is 0 Å². The van der Waals surface area contributed by atoms with Crippen molar-refractivity contribution >= 4 is 34.8 Å². The number of hydrogen-bond donors (Lipinski definition) is 0. The third-order valence-electron chi connectivity index (χ3n) is 4.05. The molecule has 0 N–H and O–H groups in total. The van der Waals surface area contributed by atoms with Crippen LogP contribution in [0.3, 0.4) is 0 Å². The minimum atomic E-state index is -0.226. The summed E-state index contributed by atoms with van der Waals surface area (Å²) in [6.07, 6.45) is 1.61. The summed E-state index contributed by atoms with van der Waals surface area (Å²) in [5.74, 6) is 0.134. The molecule has 0 bridgehead atoms. The maximum absolute atomic E-state index is 12.3. The molecule has 3 rings (SSSR count). The number of nitrogens with zero attached hydrogens (tertiary/aromatic N) is 2. The van der Waals surface area contributed by atoms with E-state index in [1.807, 2.05) is 17.0 Å². The zero-order valence-electron chi connectivity index (χ0n) is 11.7. The number of anilines is 1. The SMILES string of the molecule is O=C(C1CCCO1)N1CCN(c2ccc(Cl)cc2Cl)CC1. The Labute approximate surface area is 134 Å². The second-order valence-corrected chi connectivity index (χ2v) is 6.25. The van der Waals surface area contributed by atoms with Gasteiger partial charge in [0.05, 0.1) is 10.7 Å². The van der Waals surface area contributed by atoms with Crippen LogP contribution in [0.25, 0.3) is 0 Å². The number of ether oxygens (including phenoxy) is 1. The van der Waals surface area contributed by atoms with Crippen LogP contribution in [0.15, 0.2) is 18.2 Å². The van der Waals surface area contributed by atoms with Gasteiger partial charge in [0.15, 0.2) is 0 Å². The zero-order chi connectivity index (χ0) is 14.8. The third-order valence-corrected chi connectivity index (χ3v) is 4.58. The molecule has 1 atom stereocenters. The first-order chi connectivity index (χ1) is 10.1. The Kier molecular flexibility index (Phi) is 4.57. The molecule has 0 radical (unpaired) electrons. The molecule has 2 aliphatic rings. The van der Waals surface area contributed by atoms with Crippen molar-refractivity contribution < 1.29 is 9.53 Å². The molecular formula is C15H18Cl2N2O2. The van der Waals surface area contributed by atoms with Crippen molar-refractivity contribution in [2.24, 2.45) is 0 Å². The number of rotatable bonds is 2. The standard InChI is InChI=1S/C15H18Cl2N2O2/c16-11-3-4-13(12(17)10-11)18-5-7-19(8-6-18)15(20)14-2-1-9-21-14/h3-4,10,14H,1-2,5-9H2. The van der Waals surface area contributed by atoms with E-state index < -0.39 is 0 Å². The maximum atomic E-state index is 12.3. The average molecular weight is 329 g/mol. The van der Waals surface area contributed by atoms with Gasteiger partial charge >= 0.3 is 0 Å². The fourth-order valence-electron chi connectivity index (χ4n) is 2.88. The highest BCUT2D eigenvalue weighted by molar-refractivity contribution is 6.36. The lowest BCUT2D eigenvalue weighted by Crippen LogP contribution is -2.51. The molecule has 114 valence electrons. The monoisotopic (exact) mass is 328 g/mol. The van der Waals surface area contributed by atoms with Crippen molar-refractivity contribution in [1.82, 2.24) is 4.90 Å². The summed E-state index contributed by atoms with van der Waals surface area (Å²) >= 11 is 12.2. The number of carbonyl (C=O) groups is 1. The average Bonchev–Trinajstić information content (AvgIpc) is 3.01. The molecular weight excluding hydrogens is 311 g/mol. The van der Waals surface area contributed by atoms with Gasteiger partial charge in [0, 0.05) is 37.8 Å². The molecule has 0 saturated carbocycles. The van der Waals surface area contributed by atoms with Gasteiger partial charge in [-0.15, -0.1) is 0 Å². The van der Waals surface area contributed by atoms with Gasteiger partial charge in [-0.05, 0) is 31.0 Å². The van der Waals surface area contributed by atoms with Crippen LogP contribution in [0.4, 0.5) is 5.69 Å². The summed E-state index contributed by atoms with van der Waals surface area (Å²) in [4.78, 5) is 16.4. The van der Waals surface area contributed by atoms with Gasteiger partial charge in [-0.3, -0.25) is 4.79 Å². The number of piperazine rings is 1. The summed E-state index contributed by atoms with van der Waals surface area (Å²) in [5, 5.41) is 1.29. The lowest BCUT2D eigenvalue weighted by Gasteiger charge is -2.37. The summed E-state index contributed by atoms with van der Waals surface area (Å²) in [7, 11) is 0.